The van der Waals surface area contributed by atoms with Crippen molar-refractivity contribution >= 4 is 20.3 Å². The molecule has 13 heteroatoms. The number of hydrogen-bond acceptors (Lipinski definition) is 11. The van der Waals surface area contributed by atoms with E-state index in [0.717, 1.165) is 17.2 Å². The van der Waals surface area contributed by atoms with E-state index in [2.05, 4.69) is 68.4 Å². The van der Waals surface area contributed by atoms with Crippen LogP contribution in [0.15, 0.2) is 59.8 Å². The SMILES string of the molecule is CO[C@@H](CC1=CC(=O)O[C@@H]([C@H](C)[C@H](C[C@@H](/C=C/[C@H](C)[C@H](C[C@H](/C=C/[C@H](C)[C@H](O)[C@@H](C)[C@@H](OC)[C@@H](C)CO[Si](C(C)C)(C(C)C)C(C)C)OC)OC)OC)OC)C1)C/C(C)=C/C=C/C(=O)O. The van der Waals surface area contributed by atoms with Crippen LogP contribution in [0.1, 0.15) is 115 Å². The topological polar surface area (TPSA) is 148 Å². The minimum absolute atomic E-state index is 0.0209. The van der Waals surface area contributed by atoms with Crippen LogP contribution in [0, 0.1) is 29.6 Å². The Kier molecular flexibility index (Phi) is 28.7. The number of carboxylic acid groups (broad SMARTS) is 1. The summed E-state index contributed by atoms with van der Waals surface area (Å²) in [6, 6.07) is 0. The maximum atomic E-state index is 12.8. The molecule has 1 aliphatic heterocycles. The first kappa shape index (κ1) is 60.6. The summed E-state index contributed by atoms with van der Waals surface area (Å²) in [5, 5.41) is 20.5. The van der Waals surface area contributed by atoms with Crippen molar-refractivity contribution < 1.29 is 57.4 Å². The highest BCUT2D eigenvalue weighted by Crippen LogP contribution is 2.43. The third-order valence-corrected chi connectivity index (χ3v) is 20.0. The van der Waals surface area contributed by atoms with E-state index in [1.54, 1.807) is 54.8 Å². The molecule has 65 heavy (non-hydrogen) atoms. The van der Waals surface area contributed by atoms with Crippen molar-refractivity contribution in [1.29, 1.82) is 0 Å². The van der Waals surface area contributed by atoms with Crippen molar-refractivity contribution in [3.8, 4) is 0 Å². The number of cyclic esters (lactones) is 1. The molecule has 376 valence electrons. The Morgan fingerprint density at radius 2 is 1.31 bits per heavy atom. The van der Waals surface area contributed by atoms with Crippen molar-refractivity contribution in [1.82, 2.24) is 0 Å². The normalized spacial score (nSPS) is 21.3. The standard InChI is InChI=1S/C52H92O12Si/c1-33(2)65(34(3)4,35(5)6)63-32-39(10)52(62-18)41(12)51(56)38(9)23-25-43(57-13)30-46(60-16)37(8)22-24-44(58-14)31-47(61-17)40(11)48-28-42(29-50(55)64-48)27-45(59-15)26-36(7)20-19-21-49(53)54/h19-25,29,33-35,37-41,43-48,51-52,56H,26-28,30-32H2,1-18H3,(H,53,54)/b21-19+,24-22+,25-23+,36-20+/t37-,38-,39-,40+,41+,43-,44+,45+,46-,47-,48+,51-,52-/m0/s1. The molecule has 0 unspecified atom stereocenters. The number of carboxylic acids is 1. The first-order valence-corrected chi connectivity index (χ1v) is 26.0. The highest BCUT2D eigenvalue weighted by Gasteiger charge is 2.46. The molecule has 0 aromatic rings. The third kappa shape index (κ3) is 19.6. The van der Waals surface area contributed by atoms with Gasteiger partial charge in [-0.05, 0) is 36.4 Å². The lowest BCUT2D eigenvalue weighted by Crippen LogP contribution is -2.49. The number of methoxy groups -OCH3 is 6. The lowest BCUT2D eigenvalue weighted by atomic mass is 9.84. The van der Waals surface area contributed by atoms with Gasteiger partial charge in [0.05, 0.1) is 42.7 Å². The van der Waals surface area contributed by atoms with Gasteiger partial charge in [-0.1, -0.05) is 124 Å². The van der Waals surface area contributed by atoms with Gasteiger partial charge < -0.3 is 47.8 Å². The van der Waals surface area contributed by atoms with Crippen molar-refractivity contribution in [3.63, 3.8) is 0 Å². The van der Waals surface area contributed by atoms with Crippen LogP contribution in [0.25, 0.3) is 0 Å². The number of allylic oxidation sites excluding steroid dienone is 2. The predicted octanol–water partition coefficient (Wildman–Crippen LogP) is 10.3. The molecule has 13 atom stereocenters. The van der Waals surface area contributed by atoms with Crippen molar-refractivity contribution in [2.75, 3.05) is 49.3 Å². The highest BCUT2D eigenvalue weighted by molar-refractivity contribution is 6.77. The van der Waals surface area contributed by atoms with Gasteiger partial charge in [0.15, 0.2) is 8.32 Å². The molecular weight excluding hydrogens is 845 g/mol. The molecule has 0 amide bonds. The van der Waals surface area contributed by atoms with Gasteiger partial charge in [0.2, 0.25) is 0 Å². The van der Waals surface area contributed by atoms with E-state index in [9.17, 15) is 14.7 Å². The number of rotatable bonds is 33. The monoisotopic (exact) mass is 937 g/mol. The molecule has 0 radical (unpaired) electrons. The molecule has 0 fully saturated rings. The molecule has 12 nitrogen and oxygen atoms in total. The molecule has 0 saturated heterocycles. The van der Waals surface area contributed by atoms with Crippen molar-refractivity contribution in [2.45, 2.75) is 181 Å². The zero-order valence-corrected chi connectivity index (χ0v) is 44.6. The molecular formula is C52H92O12Si. The summed E-state index contributed by atoms with van der Waals surface area (Å²) < 4.78 is 48.4. The number of hydrogen-bond donors (Lipinski definition) is 2. The fourth-order valence-electron chi connectivity index (χ4n) is 10.00. The minimum Gasteiger partial charge on any atom is -0.478 e. The first-order valence-electron chi connectivity index (χ1n) is 23.9. The van der Waals surface area contributed by atoms with E-state index >= 15 is 0 Å². The van der Waals surface area contributed by atoms with Crippen LogP contribution in [0.3, 0.4) is 0 Å². The zero-order chi connectivity index (χ0) is 49.6. The molecule has 1 rings (SSSR count). The summed E-state index contributed by atoms with van der Waals surface area (Å²) in [5.41, 5.74) is 3.39. The van der Waals surface area contributed by atoms with E-state index in [1.807, 2.05) is 39.0 Å². The lowest BCUT2D eigenvalue weighted by molar-refractivity contribution is -0.150. The minimum atomic E-state index is -2.03. The number of aliphatic carboxylic acids is 1. The Balaban J connectivity index is 2.96. The maximum absolute atomic E-state index is 12.8. The highest BCUT2D eigenvalue weighted by atomic mass is 28.4. The van der Waals surface area contributed by atoms with Gasteiger partial charge in [0.25, 0.3) is 0 Å². The van der Waals surface area contributed by atoms with Gasteiger partial charge in [-0.2, -0.15) is 0 Å². The first-order chi connectivity index (χ1) is 30.6. The summed E-state index contributed by atoms with van der Waals surface area (Å²) in [6.07, 6.45) is 14.7. The predicted molar refractivity (Wildman–Crippen MR) is 263 cm³/mol. The van der Waals surface area contributed by atoms with Crippen molar-refractivity contribution in [2.24, 2.45) is 29.6 Å². The summed E-state index contributed by atoms with van der Waals surface area (Å²) in [4.78, 5) is 23.6. The third-order valence-electron chi connectivity index (χ3n) is 13.9. The van der Waals surface area contributed by atoms with E-state index in [-0.39, 0.29) is 78.3 Å². The molecule has 1 aliphatic rings. The molecule has 1 heterocycles. The molecule has 0 spiro atoms. The summed E-state index contributed by atoms with van der Waals surface area (Å²) in [6.45, 7) is 26.7. The second-order valence-electron chi connectivity index (χ2n) is 19.5. The molecule has 0 aliphatic carbocycles. The van der Waals surface area contributed by atoms with E-state index in [1.165, 1.54) is 6.08 Å². The van der Waals surface area contributed by atoms with Crippen molar-refractivity contribution in [3.05, 3.63) is 59.8 Å². The van der Waals surface area contributed by atoms with Crippen LogP contribution in [0.4, 0.5) is 0 Å². The van der Waals surface area contributed by atoms with Gasteiger partial charge in [0.1, 0.15) is 6.10 Å². The van der Waals surface area contributed by atoms with Gasteiger partial charge >= 0.3 is 11.9 Å². The number of carbonyl (C=O) groups is 2. The number of carbonyl (C=O) groups excluding carboxylic acids is 1. The maximum Gasteiger partial charge on any atom is 0.330 e. The molecule has 0 aromatic heterocycles. The number of esters is 1. The Bertz CT molecular complexity index is 1500. The average molecular weight is 937 g/mol. The van der Waals surface area contributed by atoms with Gasteiger partial charge in [-0.15, -0.1) is 0 Å². The fraction of sp³-hybridized carbons (Fsp3) is 0.769. The van der Waals surface area contributed by atoms with Crippen LogP contribution in [-0.4, -0.2) is 129 Å². The van der Waals surface area contributed by atoms with E-state index in [4.69, 9.17) is 42.7 Å². The quantitative estimate of drug-likeness (QED) is 0.0212. The lowest BCUT2D eigenvalue weighted by Gasteiger charge is -2.43. The van der Waals surface area contributed by atoms with E-state index < -0.39 is 20.4 Å². The number of ether oxygens (including phenoxy) is 7. The van der Waals surface area contributed by atoms with Gasteiger partial charge in [-0.3, -0.25) is 0 Å². The Morgan fingerprint density at radius 1 is 0.769 bits per heavy atom. The molecule has 2 N–H and O–H groups in total. The number of aliphatic hydroxyl groups excluding tert-OH is 1. The molecule has 0 bridgehead atoms. The molecule has 0 saturated carbocycles. The van der Waals surface area contributed by atoms with E-state index in [0.29, 0.717) is 55.3 Å². The van der Waals surface area contributed by atoms with Crippen LogP contribution < -0.4 is 0 Å². The second-order valence-corrected chi connectivity index (χ2v) is 25.0. The van der Waals surface area contributed by atoms with Gasteiger partial charge in [0, 0.05) is 110 Å². The Morgan fingerprint density at radius 3 is 1.78 bits per heavy atom. The average Bonchev–Trinajstić information content (AvgIpc) is 3.25. The Hall–Kier alpha value is -2.46. The Labute approximate surface area is 395 Å². The summed E-state index contributed by atoms with van der Waals surface area (Å²) in [5.74, 6) is -1.66. The summed E-state index contributed by atoms with van der Waals surface area (Å²) >= 11 is 0. The molecule has 0 aromatic carbocycles. The van der Waals surface area contributed by atoms with Gasteiger partial charge in [-0.25, -0.2) is 9.59 Å². The van der Waals surface area contributed by atoms with Crippen LogP contribution in [0.5, 0.6) is 0 Å². The van der Waals surface area contributed by atoms with Crippen LogP contribution >= 0.6 is 0 Å². The second kappa shape index (κ2) is 30.8. The smallest absolute Gasteiger partial charge is 0.330 e. The summed E-state index contributed by atoms with van der Waals surface area (Å²) in [7, 11) is 8.08. The van der Waals surface area contributed by atoms with Crippen LogP contribution in [-0.2, 0) is 47.2 Å². The largest absolute Gasteiger partial charge is 0.478 e. The number of aliphatic hydroxyl groups is 1. The zero-order valence-electron chi connectivity index (χ0n) is 43.6. The fourth-order valence-corrected chi connectivity index (χ4v) is 15.5. The van der Waals surface area contributed by atoms with Crippen LogP contribution in [0.2, 0.25) is 16.6 Å².